The zero-order valence-electron chi connectivity index (χ0n) is 12.5. The number of ether oxygens (including phenoxy) is 3. The summed E-state index contributed by atoms with van der Waals surface area (Å²) in [4.78, 5) is 13.3. The first-order valence-electron chi connectivity index (χ1n) is 7.58. The maximum atomic E-state index is 11.8. The van der Waals surface area contributed by atoms with Crippen LogP contribution in [-0.2, 0) is 9.53 Å². The van der Waals surface area contributed by atoms with Crippen molar-refractivity contribution in [2.24, 2.45) is 0 Å². The van der Waals surface area contributed by atoms with Crippen LogP contribution in [-0.4, -0.2) is 52.1 Å². The lowest BCUT2D eigenvalue weighted by atomic mass is 10.2. The summed E-state index contributed by atoms with van der Waals surface area (Å²) in [6.07, 6.45) is 3.32. The highest BCUT2D eigenvalue weighted by atomic mass is 16.7. The maximum absolute atomic E-state index is 11.8. The molecule has 1 saturated heterocycles. The van der Waals surface area contributed by atoms with E-state index in [1.54, 1.807) is 12.2 Å². The Bertz CT molecular complexity index is 553. The standard InChI is InChI=1S/C16H20N2O4/c19-16(17-5-6-18-7-9-20-10-8-18)4-2-13-1-3-14-15(11-13)22-12-21-14/h1-4,11H,5-10,12H2,(H,17,19)/p+1/b4-2+. The minimum Gasteiger partial charge on any atom is -0.454 e. The summed E-state index contributed by atoms with van der Waals surface area (Å²) in [5.74, 6) is 1.39. The first kappa shape index (κ1) is 14.9. The molecule has 22 heavy (non-hydrogen) atoms. The molecule has 6 nitrogen and oxygen atoms in total. The fourth-order valence-electron chi connectivity index (χ4n) is 2.52. The maximum Gasteiger partial charge on any atom is 0.244 e. The van der Waals surface area contributed by atoms with E-state index in [1.807, 2.05) is 18.2 Å². The van der Waals surface area contributed by atoms with Crippen molar-refractivity contribution in [3.05, 3.63) is 29.8 Å². The van der Waals surface area contributed by atoms with E-state index in [4.69, 9.17) is 14.2 Å². The number of rotatable bonds is 5. The molecule has 1 aromatic carbocycles. The number of quaternary nitrogens is 1. The molecule has 0 spiro atoms. The minimum atomic E-state index is -0.0784. The van der Waals surface area contributed by atoms with Crippen LogP contribution in [0.5, 0.6) is 11.5 Å². The Morgan fingerprint density at radius 3 is 2.91 bits per heavy atom. The Morgan fingerprint density at radius 1 is 1.23 bits per heavy atom. The highest BCUT2D eigenvalue weighted by molar-refractivity contribution is 5.91. The molecule has 2 N–H and O–H groups in total. The fourth-order valence-corrected chi connectivity index (χ4v) is 2.52. The van der Waals surface area contributed by atoms with Crippen LogP contribution in [0.2, 0.25) is 0 Å². The SMILES string of the molecule is O=C(/C=C/c1ccc2c(c1)OCO2)NCC[NH+]1CCOCC1. The van der Waals surface area contributed by atoms with Crippen molar-refractivity contribution in [2.75, 3.05) is 46.2 Å². The van der Waals surface area contributed by atoms with Gasteiger partial charge in [0.05, 0.1) is 26.3 Å². The first-order valence-corrected chi connectivity index (χ1v) is 7.58. The van der Waals surface area contributed by atoms with Gasteiger partial charge in [-0.15, -0.1) is 0 Å². The summed E-state index contributed by atoms with van der Waals surface area (Å²) in [5.41, 5.74) is 0.915. The van der Waals surface area contributed by atoms with Crippen LogP contribution in [0.1, 0.15) is 5.56 Å². The summed E-state index contributed by atoms with van der Waals surface area (Å²) < 4.78 is 15.9. The van der Waals surface area contributed by atoms with E-state index in [9.17, 15) is 4.79 Å². The number of carbonyl (C=O) groups excluding carboxylic acids is 1. The molecule has 6 heteroatoms. The van der Waals surface area contributed by atoms with Gasteiger partial charge in [-0.05, 0) is 23.8 Å². The first-order chi connectivity index (χ1) is 10.8. The molecule has 0 saturated carbocycles. The Kier molecular flexibility index (Phi) is 4.92. The van der Waals surface area contributed by atoms with E-state index in [1.165, 1.54) is 4.90 Å². The van der Waals surface area contributed by atoms with Gasteiger partial charge in [0.1, 0.15) is 13.1 Å². The summed E-state index contributed by atoms with van der Waals surface area (Å²) in [6.45, 7) is 5.53. The van der Waals surface area contributed by atoms with Crippen LogP contribution in [0, 0.1) is 0 Å². The summed E-state index contributed by atoms with van der Waals surface area (Å²) in [5, 5.41) is 2.91. The largest absolute Gasteiger partial charge is 0.454 e. The predicted octanol–water partition coefficient (Wildman–Crippen LogP) is -0.540. The van der Waals surface area contributed by atoms with Gasteiger partial charge in [-0.1, -0.05) is 6.07 Å². The number of benzene rings is 1. The minimum absolute atomic E-state index is 0.0784. The second-order valence-corrected chi connectivity index (χ2v) is 5.35. The average Bonchev–Trinajstić information content (AvgIpc) is 3.01. The predicted molar refractivity (Wildman–Crippen MR) is 81.0 cm³/mol. The van der Waals surface area contributed by atoms with Crippen molar-refractivity contribution in [1.29, 1.82) is 0 Å². The zero-order chi connectivity index (χ0) is 15.2. The second kappa shape index (κ2) is 7.29. The molecule has 2 aliphatic heterocycles. The second-order valence-electron chi connectivity index (χ2n) is 5.35. The van der Waals surface area contributed by atoms with Crippen molar-refractivity contribution in [3.8, 4) is 11.5 Å². The van der Waals surface area contributed by atoms with Gasteiger partial charge in [-0.25, -0.2) is 0 Å². The number of amides is 1. The molecule has 1 amide bonds. The van der Waals surface area contributed by atoms with Crippen molar-refractivity contribution in [2.45, 2.75) is 0 Å². The number of fused-ring (bicyclic) bond motifs is 1. The average molecular weight is 305 g/mol. The third-order valence-electron chi connectivity index (χ3n) is 3.80. The molecule has 2 aliphatic rings. The van der Waals surface area contributed by atoms with Gasteiger partial charge in [0.15, 0.2) is 11.5 Å². The molecule has 1 fully saturated rings. The quantitative estimate of drug-likeness (QED) is 0.717. The van der Waals surface area contributed by atoms with Crippen molar-refractivity contribution in [3.63, 3.8) is 0 Å². The molecule has 1 aromatic rings. The van der Waals surface area contributed by atoms with Gasteiger partial charge in [-0.3, -0.25) is 4.79 Å². The smallest absolute Gasteiger partial charge is 0.244 e. The van der Waals surface area contributed by atoms with Crippen LogP contribution < -0.4 is 19.7 Å². The highest BCUT2D eigenvalue weighted by Gasteiger charge is 2.13. The molecule has 0 unspecified atom stereocenters. The lowest BCUT2D eigenvalue weighted by Gasteiger charge is -2.23. The van der Waals surface area contributed by atoms with Gasteiger partial charge < -0.3 is 24.4 Å². The summed E-state index contributed by atoms with van der Waals surface area (Å²) in [6, 6.07) is 5.61. The van der Waals surface area contributed by atoms with Crippen LogP contribution in [0.25, 0.3) is 6.08 Å². The lowest BCUT2D eigenvalue weighted by molar-refractivity contribution is -0.906. The molecule has 118 valence electrons. The molecule has 3 rings (SSSR count). The number of nitrogens with one attached hydrogen (secondary N) is 2. The topological polar surface area (TPSA) is 61.2 Å². The Labute approximate surface area is 129 Å². The Hall–Kier alpha value is -2.05. The molecule has 2 heterocycles. The van der Waals surface area contributed by atoms with Crippen molar-refractivity contribution < 1.29 is 23.9 Å². The number of morpholine rings is 1. The monoisotopic (exact) mass is 305 g/mol. The number of carbonyl (C=O) groups is 1. The zero-order valence-corrected chi connectivity index (χ0v) is 12.5. The van der Waals surface area contributed by atoms with E-state index in [0.29, 0.717) is 6.54 Å². The number of hydrogen-bond acceptors (Lipinski definition) is 4. The summed E-state index contributed by atoms with van der Waals surface area (Å²) in [7, 11) is 0. The molecule has 0 aliphatic carbocycles. The molecule has 0 radical (unpaired) electrons. The normalized spacial score (nSPS) is 17.8. The van der Waals surface area contributed by atoms with Crippen LogP contribution in [0.4, 0.5) is 0 Å². The highest BCUT2D eigenvalue weighted by Crippen LogP contribution is 2.32. The van der Waals surface area contributed by atoms with Gasteiger partial charge >= 0.3 is 0 Å². The van der Waals surface area contributed by atoms with E-state index in [2.05, 4.69) is 5.32 Å². The van der Waals surface area contributed by atoms with Gasteiger partial charge in [0.25, 0.3) is 0 Å². The summed E-state index contributed by atoms with van der Waals surface area (Å²) >= 11 is 0. The van der Waals surface area contributed by atoms with E-state index >= 15 is 0 Å². The van der Waals surface area contributed by atoms with Crippen LogP contribution >= 0.6 is 0 Å². The lowest BCUT2D eigenvalue weighted by Crippen LogP contribution is -3.14. The van der Waals surface area contributed by atoms with E-state index in [-0.39, 0.29) is 12.7 Å². The number of hydrogen-bond donors (Lipinski definition) is 2. The van der Waals surface area contributed by atoms with E-state index in [0.717, 1.165) is 49.9 Å². The fraction of sp³-hybridized carbons (Fsp3) is 0.438. The van der Waals surface area contributed by atoms with Crippen LogP contribution in [0.3, 0.4) is 0 Å². The molecular weight excluding hydrogens is 284 g/mol. The van der Waals surface area contributed by atoms with Gasteiger partial charge in [0.2, 0.25) is 12.7 Å². The third kappa shape index (κ3) is 3.99. The van der Waals surface area contributed by atoms with Crippen molar-refractivity contribution >= 4 is 12.0 Å². The molecular formula is C16H21N2O4+. The Morgan fingerprint density at radius 2 is 2.05 bits per heavy atom. The van der Waals surface area contributed by atoms with Gasteiger partial charge in [-0.2, -0.15) is 0 Å². The van der Waals surface area contributed by atoms with E-state index < -0.39 is 0 Å². The molecule has 0 atom stereocenters. The Balaban J connectivity index is 1.43. The molecule has 0 bridgehead atoms. The molecule has 0 aromatic heterocycles. The van der Waals surface area contributed by atoms with Crippen molar-refractivity contribution in [1.82, 2.24) is 5.32 Å². The van der Waals surface area contributed by atoms with Crippen LogP contribution in [0.15, 0.2) is 24.3 Å². The third-order valence-corrected chi connectivity index (χ3v) is 3.80. The van der Waals surface area contributed by atoms with Gasteiger partial charge in [0, 0.05) is 6.08 Å².